The minimum atomic E-state index is -3.73. The molecule has 172 valence electrons. The number of aromatic nitrogens is 1. The number of nitrogens with one attached hydrogen (secondary N) is 3. The molecule has 1 aliphatic heterocycles. The molecule has 4 rings (SSSR count). The lowest BCUT2D eigenvalue weighted by atomic mass is 10.2. The van der Waals surface area contributed by atoms with E-state index in [9.17, 15) is 18.4 Å². The first-order valence-electron chi connectivity index (χ1n) is 9.71. The van der Waals surface area contributed by atoms with Crippen LogP contribution in [0.4, 0.5) is 20.2 Å². The second kappa shape index (κ2) is 9.38. The van der Waals surface area contributed by atoms with Gasteiger partial charge < -0.3 is 30.5 Å². The van der Waals surface area contributed by atoms with Crippen LogP contribution in [-0.2, 0) is 6.54 Å². The Kier molecular flexibility index (Phi) is 6.38. The summed E-state index contributed by atoms with van der Waals surface area (Å²) in [5.41, 5.74) is 1.80. The number of rotatable bonds is 8. The molecule has 0 atom stereocenters. The Hall–Kier alpha value is -3.77. The van der Waals surface area contributed by atoms with Crippen molar-refractivity contribution in [3.8, 4) is 11.5 Å². The van der Waals surface area contributed by atoms with E-state index >= 15 is 0 Å². The molecule has 33 heavy (non-hydrogen) atoms. The Morgan fingerprint density at radius 2 is 1.91 bits per heavy atom. The van der Waals surface area contributed by atoms with Crippen molar-refractivity contribution in [2.24, 2.45) is 0 Å². The highest BCUT2D eigenvalue weighted by molar-refractivity contribution is 7.12. The number of halogens is 2. The highest BCUT2D eigenvalue weighted by atomic mass is 32.1. The van der Waals surface area contributed by atoms with Crippen LogP contribution in [0.25, 0.3) is 0 Å². The maximum absolute atomic E-state index is 13.2. The number of alkyl halides is 2. The minimum absolute atomic E-state index is 0.113. The highest BCUT2D eigenvalue weighted by Crippen LogP contribution is 2.42. The molecule has 4 N–H and O–H groups in total. The van der Waals surface area contributed by atoms with Gasteiger partial charge in [0.25, 0.3) is 11.8 Å². The molecule has 0 saturated heterocycles. The molecule has 3 aromatic rings. The fourth-order valence-electron chi connectivity index (χ4n) is 3.00. The van der Waals surface area contributed by atoms with Gasteiger partial charge in [-0.1, -0.05) is 0 Å². The summed E-state index contributed by atoms with van der Waals surface area (Å²) in [6, 6.07) is 9.04. The molecular formula is C21H18F2N4O5S. The van der Waals surface area contributed by atoms with E-state index in [4.69, 9.17) is 5.11 Å². The highest BCUT2D eigenvalue weighted by Gasteiger charge is 2.43. The number of benzene rings is 1. The summed E-state index contributed by atoms with van der Waals surface area (Å²) in [4.78, 5) is 29.1. The average molecular weight is 476 g/mol. The number of anilines is 2. The Labute approximate surface area is 190 Å². The summed E-state index contributed by atoms with van der Waals surface area (Å²) in [7, 11) is 0. The SMILES string of the molecule is O=C(NCCO)c1cc(CNc2ccsc2C(=O)Nc2ccc3c(c2)OC(F)(F)O3)ccn1. The van der Waals surface area contributed by atoms with E-state index in [-0.39, 0.29) is 36.0 Å². The Morgan fingerprint density at radius 1 is 1.09 bits per heavy atom. The van der Waals surface area contributed by atoms with Crippen molar-refractivity contribution >= 4 is 34.5 Å². The normalized spacial score (nSPS) is 13.4. The van der Waals surface area contributed by atoms with Crippen molar-refractivity contribution in [1.29, 1.82) is 0 Å². The predicted molar refractivity (Wildman–Crippen MR) is 116 cm³/mol. The Balaban J connectivity index is 1.40. The number of aliphatic hydroxyl groups excluding tert-OH is 1. The third-order valence-electron chi connectivity index (χ3n) is 4.47. The van der Waals surface area contributed by atoms with Crippen molar-refractivity contribution in [3.63, 3.8) is 0 Å². The van der Waals surface area contributed by atoms with E-state index in [0.717, 1.165) is 5.56 Å². The van der Waals surface area contributed by atoms with Gasteiger partial charge in [0.2, 0.25) is 0 Å². The van der Waals surface area contributed by atoms with Gasteiger partial charge in [0, 0.05) is 31.0 Å². The van der Waals surface area contributed by atoms with Crippen LogP contribution in [-0.4, -0.2) is 41.4 Å². The quantitative estimate of drug-likeness (QED) is 0.394. The van der Waals surface area contributed by atoms with E-state index in [0.29, 0.717) is 17.1 Å². The molecular weight excluding hydrogens is 458 g/mol. The number of carbonyl (C=O) groups is 2. The van der Waals surface area contributed by atoms with Crippen LogP contribution in [0.1, 0.15) is 25.7 Å². The van der Waals surface area contributed by atoms with E-state index in [1.165, 1.54) is 35.7 Å². The Bertz CT molecular complexity index is 1190. The summed E-state index contributed by atoms with van der Waals surface area (Å²) in [5.74, 6) is -1.11. The molecule has 1 aromatic carbocycles. The van der Waals surface area contributed by atoms with Crippen molar-refractivity contribution < 1.29 is 33.0 Å². The molecule has 12 heteroatoms. The van der Waals surface area contributed by atoms with Gasteiger partial charge in [0.05, 0.1) is 12.3 Å². The number of hydrogen-bond donors (Lipinski definition) is 4. The molecule has 0 aliphatic carbocycles. The first-order valence-corrected chi connectivity index (χ1v) is 10.6. The molecule has 3 heterocycles. The van der Waals surface area contributed by atoms with E-state index in [1.54, 1.807) is 23.6 Å². The monoisotopic (exact) mass is 476 g/mol. The summed E-state index contributed by atoms with van der Waals surface area (Å²) in [6.45, 7) is 0.274. The lowest BCUT2D eigenvalue weighted by Crippen LogP contribution is -2.27. The van der Waals surface area contributed by atoms with Crippen LogP contribution in [0.2, 0.25) is 0 Å². The number of carbonyl (C=O) groups excluding carboxylic acids is 2. The van der Waals surface area contributed by atoms with Crippen LogP contribution in [0, 0.1) is 0 Å². The second-order valence-electron chi connectivity index (χ2n) is 6.83. The summed E-state index contributed by atoms with van der Waals surface area (Å²) in [6.07, 6.45) is -2.24. The number of pyridine rings is 1. The van der Waals surface area contributed by atoms with Crippen molar-refractivity contribution in [3.05, 3.63) is 64.1 Å². The summed E-state index contributed by atoms with van der Waals surface area (Å²) in [5, 5.41) is 18.9. The number of hydrogen-bond acceptors (Lipinski definition) is 8. The van der Waals surface area contributed by atoms with Crippen LogP contribution in [0.15, 0.2) is 48.0 Å². The maximum Gasteiger partial charge on any atom is 0.586 e. The number of fused-ring (bicyclic) bond motifs is 1. The smallest absolute Gasteiger partial charge is 0.395 e. The molecule has 0 spiro atoms. The number of aliphatic hydroxyl groups is 1. The Morgan fingerprint density at radius 3 is 2.73 bits per heavy atom. The molecule has 2 amide bonds. The van der Waals surface area contributed by atoms with E-state index in [2.05, 4.69) is 30.4 Å². The third kappa shape index (κ3) is 5.35. The standard InChI is InChI=1S/C21H18F2N4O5S/c22-21(23)31-16-2-1-13(10-17(16)32-21)27-20(30)18-14(4-8-33-18)26-11-12-3-5-24-15(9-12)19(29)25-6-7-28/h1-5,8-10,26,28H,6-7,11H2,(H,25,29)(H,27,30). The summed E-state index contributed by atoms with van der Waals surface area (Å²) >= 11 is 1.20. The van der Waals surface area contributed by atoms with Crippen LogP contribution in [0.5, 0.6) is 11.5 Å². The number of thiophene rings is 1. The molecule has 0 fully saturated rings. The lowest BCUT2D eigenvalue weighted by molar-refractivity contribution is -0.286. The third-order valence-corrected chi connectivity index (χ3v) is 5.38. The first kappa shape index (κ1) is 22.4. The molecule has 0 saturated carbocycles. The van der Waals surface area contributed by atoms with Gasteiger partial charge in [0.15, 0.2) is 11.5 Å². The van der Waals surface area contributed by atoms with Gasteiger partial charge in [0.1, 0.15) is 10.6 Å². The molecule has 9 nitrogen and oxygen atoms in total. The van der Waals surface area contributed by atoms with Gasteiger partial charge in [-0.05, 0) is 41.3 Å². The fraction of sp³-hybridized carbons (Fsp3) is 0.190. The van der Waals surface area contributed by atoms with Crippen molar-refractivity contribution in [2.75, 3.05) is 23.8 Å². The predicted octanol–water partition coefficient (Wildman–Crippen LogP) is 3.05. The average Bonchev–Trinajstić information content (AvgIpc) is 3.38. The van der Waals surface area contributed by atoms with E-state index < -0.39 is 18.1 Å². The fourth-order valence-corrected chi connectivity index (χ4v) is 3.77. The van der Waals surface area contributed by atoms with Crippen LogP contribution in [0.3, 0.4) is 0 Å². The zero-order valence-corrected chi connectivity index (χ0v) is 17.7. The minimum Gasteiger partial charge on any atom is -0.395 e. The lowest BCUT2D eigenvalue weighted by Gasteiger charge is -2.10. The number of nitrogens with zero attached hydrogens (tertiary/aromatic N) is 1. The second-order valence-corrected chi connectivity index (χ2v) is 7.75. The van der Waals surface area contributed by atoms with E-state index in [1.807, 2.05) is 0 Å². The van der Waals surface area contributed by atoms with Crippen LogP contribution < -0.4 is 25.4 Å². The van der Waals surface area contributed by atoms with Gasteiger partial charge in [-0.3, -0.25) is 14.6 Å². The largest absolute Gasteiger partial charge is 0.586 e. The van der Waals surface area contributed by atoms with Crippen molar-refractivity contribution in [1.82, 2.24) is 10.3 Å². The van der Waals surface area contributed by atoms with Gasteiger partial charge in [-0.25, -0.2) is 0 Å². The number of ether oxygens (including phenoxy) is 2. The molecule has 2 aromatic heterocycles. The zero-order valence-electron chi connectivity index (χ0n) is 16.9. The zero-order chi connectivity index (χ0) is 23.4. The molecule has 0 radical (unpaired) electrons. The molecule has 1 aliphatic rings. The van der Waals surface area contributed by atoms with Gasteiger partial charge >= 0.3 is 6.29 Å². The molecule has 0 bridgehead atoms. The summed E-state index contributed by atoms with van der Waals surface area (Å²) < 4.78 is 35.1. The topological polar surface area (TPSA) is 122 Å². The van der Waals surface area contributed by atoms with Crippen LogP contribution >= 0.6 is 11.3 Å². The molecule has 0 unspecified atom stereocenters. The maximum atomic E-state index is 13.2. The van der Waals surface area contributed by atoms with Gasteiger partial charge in [-0.2, -0.15) is 0 Å². The van der Waals surface area contributed by atoms with Crippen molar-refractivity contribution in [2.45, 2.75) is 12.8 Å². The number of amides is 2. The van der Waals surface area contributed by atoms with Gasteiger partial charge in [-0.15, -0.1) is 20.1 Å². The first-order chi connectivity index (χ1) is 15.8.